The minimum absolute atomic E-state index is 0.611. The Balaban J connectivity index is 2.20. The fourth-order valence-electron chi connectivity index (χ4n) is 2.19. The summed E-state index contributed by atoms with van der Waals surface area (Å²) in [7, 11) is 3.48. The van der Waals surface area contributed by atoms with E-state index in [0.29, 0.717) is 10.8 Å². The van der Waals surface area contributed by atoms with Gasteiger partial charge in [0.05, 0.1) is 17.6 Å². The van der Waals surface area contributed by atoms with E-state index in [9.17, 15) is 0 Å². The van der Waals surface area contributed by atoms with Crippen molar-refractivity contribution in [2.24, 2.45) is 7.05 Å². The predicted molar refractivity (Wildman–Crippen MR) is 87.9 cm³/mol. The number of ether oxygens (including phenoxy) is 1. The first-order valence-corrected chi connectivity index (χ1v) is 7.57. The van der Waals surface area contributed by atoms with Gasteiger partial charge in [-0.3, -0.25) is 4.68 Å². The molecular weight excluding hydrogens is 306 g/mol. The van der Waals surface area contributed by atoms with Crippen LogP contribution >= 0.6 is 22.9 Å². The highest BCUT2D eigenvalue weighted by atomic mass is 35.5. The summed E-state index contributed by atoms with van der Waals surface area (Å²) in [5, 5.41) is 7.16. The van der Waals surface area contributed by atoms with Crippen molar-refractivity contribution in [1.82, 2.24) is 9.78 Å². The van der Waals surface area contributed by atoms with Gasteiger partial charge in [-0.15, -0.1) is 11.3 Å². The number of aryl methyl sites for hydroxylation is 1. The zero-order valence-corrected chi connectivity index (χ0v) is 13.2. The first-order valence-electron chi connectivity index (χ1n) is 6.31. The van der Waals surface area contributed by atoms with Crippen LogP contribution in [0, 0.1) is 0 Å². The van der Waals surface area contributed by atoms with Crippen molar-refractivity contribution in [2.75, 3.05) is 12.8 Å². The lowest BCUT2D eigenvalue weighted by atomic mass is 10.0. The molecule has 0 unspecified atom stereocenters. The van der Waals surface area contributed by atoms with Crippen molar-refractivity contribution >= 4 is 28.8 Å². The molecule has 1 aromatic carbocycles. The average Bonchev–Trinajstić information content (AvgIpc) is 3.05. The summed E-state index contributed by atoms with van der Waals surface area (Å²) in [5.74, 6) is 1.43. The van der Waals surface area contributed by atoms with Gasteiger partial charge >= 0.3 is 0 Å². The van der Waals surface area contributed by atoms with Crippen LogP contribution in [-0.4, -0.2) is 16.9 Å². The molecule has 0 aliphatic heterocycles. The lowest BCUT2D eigenvalue weighted by Crippen LogP contribution is -1.97. The Hall–Kier alpha value is -1.98. The monoisotopic (exact) mass is 319 g/mol. The number of anilines is 1. The Kier molecular flexibility index (Phi) is 3.61. The molecule has 0 saturated heterocycles. The summed E-state index contributed by atoms with van der Waals surface area (Å²) < 4.78 is 6.92. The van der Waals surface area contributed by atoms with Gasteiger partial charge in [0.2, 0.25) is 0 Å². The number of thiophene rings is 1. The van der Waals surface area contributed by atoms with Crippen LogP contribution in [0.25, 0.3) is 21.7 Å². The topological polar surface area (TPSA) is 53.1 Å². The van der Waals surface area contributed by atoms with Gasteiger partial charge in [0, 0.05) is 23.5 Å². The molecule has 2 N–H and O–H groups in total. The van der Waals surface area contributed by atoms with E-state index in [2.05, 4.69) is 5.10 Å². The highest BCUT2D eigenvalue weighted by Crippen LogP contribution is 2.40. The van der Waals surface area contributed by atoms with E-state index in [4.69, 9.17) is 22.1 Å². The van der Waals surface area contributed by atoms with Crippen LogP contribution in [0.4, 0.5) is 5.82 Å². The number of rotatable bonds is 3. The van der Waals surface area contributed by atoms with Crippen molar-refractivity contribution in [3.05, 3.63) is 40.7 Å². The molecule has 3 rings (SSSR count). The average molecular weight is 320 g/mol. The number of hydrogen-bond acceptors (Lipinski definition) is 4. The number of nitrogens with zero attached hydrogens (tertiary/aromatic N) is 2. The normalized spacial score (nSPS) is 10.8. The number of aromatic nitrogens is 2. The summed E-state index contributed by atoms with van der Waals surface area (Å²) in [5.41, 5.74) is 8.88. The van der Waals surface area contributed by atoms with E-state index in [-0.39, 0.29) is 0 Å². The smallest absolute Gasteiger partial charge is 0.130 e. The van der Waals surface area contributed by atoms with Gasteiger partial charge in [0.1, 0.15) is 17.3 Å². The zero-order valence-electron chi connectivity index (χ0n) is 11.6. The first kappa shape index (κ1) is 14.0. The van der Waals surface area contributed by atoms with Crippen molar-refractivity contribution in [3.63, 3.8) is 0 Å². The number of nitrogen functional groups attached to an aromatic ring is 1. The summed E-state index contributed by atoms with van der Waals surface area (Å²) in [6, 6.07) is 9.58. The second-order valence-electron chi connectivity index (χ2n) is 4.59. The third kappa shape index (κ3) is 2.50. The largest absolute Gasteiger partial charge is 0.496 e. The van der Waals surface area contributed by atoms with Crippen LogP contribution in [0.15, 0.2) is 35.7 Å². The number of hydrogen-bond donors (Lipinski definition) is 1. The molecule has 0 spiro atoms. The van der Waals surface area contributed by atoms with Crippen molar-refractivity contribution in [2.45, 2.75) is 0 Å². The van der Waals surface area contributed by atoms with E-state index in [1.54, 1.807) is 23.1 Å². The second kappa shape index (κ2) is 5.42. The molecule has 0 aliphatic rings. The molecule has 0 bridgehead atoms. The third-order valence-electron chi connectivity index (χ3n) is 3.25. The molecule has 0 radical (unpaired) electrons. The van der Waals surface area contributed by atoms with E-state index < -0.39 is 0 Å². The lowest BCUT2D eigenvalue weighted by Gasteiger charge is -2.03. The molecule has 0 aliphatic carbocycles. The first-order chi connectivity index (χ1) is 10.1. The summed E-state index contributed by atoms with van der Waals surface area (Å²) >= 11 is 7.67. The van der Waals surface area contributed by atoms with Gasteiger partial charge < -0.3 is 10.5 Å². The van der Waals surface area contributed by atoms with Crippen LogP contribution < -0.4 is 10.5 Å². The fraction of sp³-hybridized carbons (Fsp3) is 0.133. The maximum atomic E-state index is 6.19. The van der Waals surface area contributed by atoms with Crippen LogP contribution in [0.2, 0.25) is 5.02 Å². The number of halogens is 1. The SMILES string of the molecule is COc1csc(-c2nn(C)c(N)c2-c2cccc(Cl)c2)c1. The molecule has 4 nitrogen and oxygen atoms in total. The highest BCUT2D eigenvalue weighted by Gasteiger charge is 2.19. The quantitative estimate of drug-likeness (QED) is 0.792. The number of nitrogens with two attached hydrogens (primary N) is 1. The van der Waals surface area contributed by atoms with Crippen LogP contribution in [0.1, 0.15) is 0 Å². The number of benzene rings is 1. The standard InChI is InChI=1S/C15H14ClN3OS/c1-19-15(17)13(9-4-3-5-10(16)6-9)14(18-19)12-7-11(20-2)8-21-12/h3-8H,17H2,1-2H3. The molecule has 2 heterocycles. The Labute approximate surface area is 131 Å². The molecule has 0 amide bonds. The van der Waals surface area contributed by atoms with Crippen LogP contribution in [0.5, 0.6) is 5.75 Å². The lowest BCUT2D eigenvalue weighted by molar-refractivity contribution is 0.417. The Morgan fingerprint density at radius 2 is 2.14 bits per heavy atom. The third-order valence-corrected chi connectivity index (χ3v) is 4.40. The molecule has 0 fully saturated rings. The van der Waals surface area contributed by atoms with Gasteiger partial charge in [-0.25, -0.2) is 0 Å². The molecule has 108 valence electrons. The second-order valence-corrected chi connectivity index (χ2v) is 5.94. The van der Waals surface area contributed by atoms with Crippen molar-refractivity contribution < 1.29 is 4.74 Å². The van der Waals surface area contributed by atoms with Gasteiger partial charge in [-0.2, -0.15) is 5.10 Å². The van der Waals surface area contributed by atoms with Gasteiger partial charge in [-0.1, -0.05) is 23.7 Å². The minimum atomic E-state index is 0.611. The van der Waals surface area contributed by atoms with E-state index in [1.165, 1.54) is 0 Å². The molecule has 3 aromatic rings. The van der Waals surface area contributed by atoms with E-state index in [1.807, 2.05) is 42.8 Å². The Morgan fingerprint density at radius 3 is 2.81 bits per heavy atom. The summed E-state index contributed by atoms with van der Waals surface area (Å²) in [6.45, 7) is 0. The molecule has 0 atom stereocenters. The Morgan fingerprint density at radius 1 is 1.33 bits per heavy atom. The van der Waals surface area contributed by atoms with Crippen molar-refractivity contribution in [3.8, 4) is 27.4 Å². The van der Waals surface area contributed by atoms with Gasteiger partial charge in [-0.05, 0) is 17.7 Å². The maximum Gasteiger partial charge on any atom is 0.130 e. The maximum absolute atomic E-state index is 6.19. The van der Waals surface area contributed by atoms with Gasteiger partial charge in [0.15, 0.2) is 0 Å². The van der Waals surface area contributed by atoms with Crippen LogP contribution in [-0.2, 0) is 7.05 Å². The summed E-state index contributed by atoms with van der Waals surface area (Å²) in [6.07, 6.45) is 0. The highest BCUT2D eigenvalue weighted by molar-refractivity contribution is 7.13. The van der Waals surface area contributed by atoms with Crippen LogP contribution in [0.3, 0.4) is 0 Å². The zero-order chi connectivity index (χ0) is 15.0. The Bertz CT molecular complexity index is 794. The molecule has 0 saturated carbocycles. The molecule has 2 aromatic heterocycles. The predicted octanol–water partition coefficient (Wildman–Crippen LogP) is 4.06. The molecular formula is C15H14ClN3OS. The van der Waals surface area contributed by atoms with E-state index >= 15 is 0 Å². The number of methoxy groups -OCH3 is 1. The fourth-order valence-corrected chi connectivity index (χ4v) is 3.22. The molecule has 6 heteroatoms. The summed E-state index contributed by atoms with van der Waals surface area (Å²) in [4.78, 5) is 1.01. The minimum Gasteiger partial charge on any atom is -0.496 e. The van der Waals surface area contributed by atoms with Crippen molar-refractivity contribution in [1.29, 1.82) is 0 Å². The van der Waals surface area contributed by atoms with Gasteiger partial charge in [0.25, 0.3) is 0 Å². The van der Waals surface area contributed by atoms with E-state index in [0.717, 1.165) is 27.4 Å². The molecule has 21 heavy (non-hydrogen) atoms.